The first-order chi connectivity index (χ1) is 12.7. The number of esters is 1. The van der Waals surface area contributed by atoms with E-state index in [1.54, 1.807) is 6.20 Å². The molecule has 0 amide bonds. The van der Waals surface area contributed by atoms with Crippen molar-refractivity contribution in [1.29, 1.82) is 0 Å². The Kier molecular flexibility index (Phi) is 4.64. The van der Waals surface area contributed by atoms with Gasteiger partial charge in [-0.25, -0.2) is 4.79 Å². The number of rotatable bonds is 5. The Morgan fingerprint density at radius 1 is 1.31 bits per heavy atom. The summed E-state index contributed by atoms with van der Waals surface area (Å²) in [5, 5.41) is 0.853. The molecule has 4 rings (SSSR count). The molecule has 0 saturated carbocycles. The largest absolute Gasteiger partial charge is 0.453 e. The van der Waals surface area contributed by atoms with Crippen molar-refractivity contribution in [3.8, 4) is 0 Å². The number of thiophene rings is 1. The Morgan fingerprint density at radius 3 is 3.00 bits per heavy atom. The lowest BCUT2D eigenvalue weighted by Gasteiger charge is -2.19. The van der Waals surface area contributed by atoms with Crippen molar-refractivity contribution >= 4 is 34.0 Å². The Labute approximate surface area is 156 Å². The second kappa shape index (κ2) is 7.08. The molecular weight excluding hydrogens is 346 g/mol. The number of para-hydroxylation sites is 1. The van der Waals surface area contributed by atoms with Gasteiger partial charge in [-0.15, -0.1) is 11.3 Å². The molecule has 3 aromatic rings. The molecule has 0 spiro atoms. The monoisotopic (exact) mass is 367 g/mol. The lowest BCUT2D eigenvalue weighted by molar-refractivity contribution is 0.0480. The van der Waals surface area contributed by atoms with Crippen LogP contribution < -0.4 is 0 Å². The van der Waals surface area contributed by atoms with E-state index in [4.69, 9.17) is 4.74 Å². The summed E-state index contributed by atoms with van der Waals surface area (Å²) in [6.45, 7) is 1.98. The van der Waals surface area contributed by atoms with Crippen LogP contribution in [0.5, 0.6) is 0 Å². The number of benzene rings is 1. The number of carbonyl (C=O) groups is 2. The van der Waals surface area contributed by atoms with Crippen molar-refractivity contribution in [3.05, 3.63) is 57.4 Å². The van der Waals surface area contributed by atoms with E-state index >= 15 is 0 Å². The summed E-state index contributed by atoms with van der Waals surface area (Å²) >= 11 is 1.52. The topological polar surface area (TPSA) is 59.2 Å². The van der Waals surface area contributed by atoms with Gasteiger partial charge in [-0.3, -0.25) is 4.79 Å². The summed E-state index contributed by atoms with van der Waals surface area (Å²) in [7, 11) is 0. The first-order valence-corrected chi connectivity index (χ1v) is 9.85. The SMILES string of the molecule is CC[C@H]1CCc2sc(C(=O)OCC(=O)c3c[nH]c4ccccc34)cc2C1. The highest BCUT2D eigenvalue weighted by atomic mass is 32.1. The average molecular weight is 367 g/mol. The number of hydrogen-bond donors (Lipinski definition) is 1. The second-order valence-corrected chi connectivity index (χ2v) is 7.96. The maximum atomic E-state index is 12.4. The third-order valence-corrected chi connectivity index (χ3v) is 6.40. The fraction of sp³-hybridized carbons (Fsp3) is 0.333. The minimum Gasteiger partial charge on any atom is -0.453 e. The number of aryl methyl sites for hydroxylation is 1. The van der Waals surface area contributed by atoms with Gasteiger partial charge in [-0.05, 0) is 42.9 Å². The fourth-order valence-corrected chi connectivity index (χ4v) is 4.73. The zero-order valence-corrected chi connectivity index (χ0v) is 15.5. The van der Waals surface area contributed by atoms with Crippen LogP contribution in [0.2, 0.25) is 0 Å². The number of ether oxygens (including phenoxy) is 1. The number of ketones is 1. The van der Waals surface area contributed by atoms with Crippen molar-refractivity contribution in [1.82, 2.24) is 4.98 Å². The summed E-state index contributed by atoms with van der Waals surface area (Å²) in [5.41, 5.74) is 2.74. The van der Waals surface area contributed by atoms with E-state index < -0.39 is 5.97 Å². The van der Waals surface area contributed by atoms with Crippen LogP contribution in [0.4, 0.5) is 0 Å². The smallest absolute Gasteiger partial charge is 0.348 e. The van der Waals surface area contributed by atoms with Crippen molar-refractivity contribution in [2.75, 3.05) is 6.61 Å². The number of carbonyl (C=O) groups excluding carboxylic acids is 2. The molecule has 0 aliphatic heterocycles. The van der Waals surface area contributed by atoms with Crippen LogP contribution in [-0.4, -0.2) is 23.3 Å². The van der Waals surface area contributed by atoms with E-state index in [9.17, 15) is 9.59 Å². The predicted octanol–water partition coefficient (Wildman–Crippen LogP) is 4.78. The molecule has 2 heterocycles. The zero-order chi connectivity index (χ0) is 18.1. The van der Waals surface area contributed by atoms with Crippen molar-refractivity contribution in [3.63, 3.8) is 0 Å². The third kappa shape index (κ3) is 3.19. The van der Waals surface area contributed by atoms with Gasteiger partial charge in [0.05, 0.1) is 0 Å². The number of H-pyrrole nitrogens is 1. The Balaban J connectivity index is 1.43. The van der Waals surface area contributed by atoms with Gasteiger partial charge in [-0.1, -0.05) is 31.5 Å². The van der Waals surface area contributed by atoms with Crippen molar-refractivity contribution < 1.29 is 14.3 Å². The lowest BCUT2D eigenvalue weighted by Crippen LogP contribution is -2.13. The molecule has 134 valence electrons. The first-order valence-electron chi connectivity index (χ1n) is 9.03. The highest BCUT2D eigenvalue weighted by Crippen LogP contribution is 2.33. The number of Topliss-reactive ketones (excluding diaryl/α,β-unsaturated/α-hetero) is 1. The minimum absolute atomic E-state index is 0.192. The molecule has 2 aromatic heterocycles. The normalized spacial score (nSPS) is 16.4. The number of aromatic amines is 1. The van der Waals surface area contributed by atoms with Crippen LogP contribution in [0, 0.1) is 5.92 Å². The number of nitrogens with one attached hydrogen (secondary N) is 1. The molecule has 0 fully saturated rings. The summed E-state index contributed by atoms with van der Waals surface area (Å²) in [6, 6.07) is 9.56. The first kappa shape index (κ1) is 17.0. The van der Waals surface area contributed by atoms with Gasteiger partial charge in [0.15, 0.2) is 6.61 Å². The highest BCUT2D eigenvalue weighted by molar-refractivity contribution is 7.14. The van der Waals surface area contributed by atoms with Crippen molar-refractivity contribution in [2.24, 2.45) is 5.92 Å². The van der Waals surface area contributed by atoms with E-state index in [0.717, 1.165) is 23.7 Å². The molecule has 1 atom stereocenters. The van der Waals surface area contributed by atoms with E-state index in [1.165, 1.54) is 34.6 Å². The fourth-order valence-electron chi connectivity index (χ4n) is 3.63. The summed E-state index contributed by atoms with van der Waals surface area (Å²) in [6.07, 6.45) is 6.13. The van der Waals surface area contributed by atoms with Crippen LogP contribution in [0.25, 0.3) is 10.9 Å². The molecular formula is C21H21NO3S. The van der Waals surface area contributed by atoms with Gasteiger partial charge >= 0.3 is 5.97 Å². The number of aromatic nitrogens is 1. The van der Waals surface area contributed by atoms with Gasteiger partial charge in [0.2, 0.25) is 5.78 Å². The van der Waals surface area contributed by atoms with Gasteiger partial charge in [0.1, 0.15) is 4.88 Å². The summed E-state index contributed by atoms with van der Waals surface area (Å²) in [5.74, 6) is 0.123. The minimum atomic E-state index is -0.398. The van der Waals surface area contributed by atoms with Crippen LogP contribution in [0.15, 0.2) is 36.5 Å². The average Bonchev–Trinajstić information content (AvgIpc) is 3.29. The molecule has 1 aliphatic rings. The number of hydrogen-bond acceptors (Lipinski definition) is 4. The molecule has 5 heteroatoms. The van der Waals surface area contributed by atoms with E-state index in [2.05, 4.69) is 11.9 Å². The van der Waals surface area contributed by atoms with Crippen molar-refractivity contribution in [2.45, 2.75) is 32.6 Å². The quantitative estimate of drug-likeness (QED) is 0.521. The standard InChI is InChI=1S/C21H21NO3S/c1-2-13-7-8-19-14(9-13)10-20(26-19)21(24)25-12-18(23)16-11-22-17-6-4-3-5-15(16)17/h3-6,10-11,13,22H,2,7-9,12H2,1H3/t13-/m0/s1. The van der Waals surface area contributed by atoms with Gasteiger partial charge in [-0.2, -0.15) is 0 Å². The highest BCUT2D eigenvalue weighted by Gasteiger charge is 2.23. The second-order valence-electron chi connectivity index (χ2n) is 6.82. The molecule has 4 nitrogen and oxygen atoms in total. The lowest BCUT2D eigenvalue weighted by atomic mass is 9.87. The maximum absolute atomic E-state index is 12.4. The summed E-state index contributed by atoms with van der Waals surface area (Å²) in [4.78, 5) is 29.8. The maximum Gasteiger partial charge on any atom is 0.348 e. The molecule has 1 aliphatic carbocycles. The van der Waals surface area contributed by atoms with Gasteiger partial charge in [0.25, 0.3) is 0 Å². The van der Waals surface area contributed by atoms with Crippen LogP contribution in [-0.2, 0) is 17.6 Å². The van der Waals surface area contributed by atoms with E-state index in [1.807, 2.05) is 30.3 Å². The van der Waals surface area contributed by atoms with Crippen LogP contribution in [0.3, 0.4) is 0 Å². The van der Waals surface area contributed by atoms with E-state index in [-0.39, 0.29) is 12.4 Å². The Bertz CT molecular complexity index is 969. The molecule has 0 radical (unpaired) electrons. The van der Waals surface area contributed by atoms with E-state index in [0.29, 0.717) is 16.4 Å². The molecule has 0 bridgehead atoms. The zero-order valence-electron chi connectivity index (χ0n) is 14.7. The van der Waals surface area contributed by atoms with Gasteiger partial charge < -0.3 is 9.72 Å². The Morgan fingerprint density at radius 2 is 2.15 bits per heavy atom. The van der Waals surface area contributed by atoms with Crippen LogP contribution >= 0.6 is 11.3 Å². The molecule has 1 N–H and O–H groups in total. The summed E-state index contributed by atoms with van der Waals surface area (Å²) < 4.78 is 5.30. The van der Waals surface area contributed by atoms with Crippen LogP contribution in [0.1, 0.15) is 50.2 Å². The molecule has 0 saturated heterocycles. The predicted molar refractivity (Wildman–Crippen MR) is 103 cm³/mol. The molecule has 26 heavy (non-hydrogen) atoms. The Hall–Kier alpha value is -2.40. The third-order valence-electron chi connectivity index (χ3n) is 5.19. The molecule has 0 unspecified atom stereocenters. The molecule has 1 aromatic carbocycles. The number of fused-ring (bicyclic) bond motifs is 2. The van der Waals surface area contributed by atoms with Gasteiger partial charge in [0, 0.05) is 27.5 Å².